The Morgan fingerprint density at radius 1 is 0.939 bits per heavy atom. The first-order chi connectivity index (χ1) is 16.0. The second-order valence-electron chi connectivity index (χ2n) is 7.18. The van der Waals surface area contributed by atoms with Gasteiger partial charge in [-0.25, -0.2) is 19.6 Å². The lowest BCUT2D eigenvalue weighted by Crippen LogP contribution is -2.38. The number of carbonyl (C=O) groups is 3. The number of hydrogen-bond donors (Lipinski definition) is 1. The van der Waals surface area contributed by atoms with E-state index in [0.717, 1.165) is 0 Å². The average molecular weight is 450 g/mol. The lowest BCUT2D eigenvalue weighted by atomic mass is 10.1. The molecule has 1 aliphatic heterocycles. The quantitative estimate of drug-likeness (QED) is 0.584. The molecule has 0 spiro atoms. The molecule has 0 aliphatic carbocycles. The average Bonchev–Trinajstić information content (AvgIpc) is 2.87. The Morgan fingerprint density at radius 2 is 1.61 bits per heavy atom. The molecule has 10 heteroatoms. The molecule has 3 aromatic rings. The number of rotatable bonds is 5. The molecule has 1 amide bonds. The van der Waals surface area contributed by atoms with E-state index in [4.69, 9.17) is 14.2 Å². The topological polar surface area (TPSA) is 120 Å². The number of nitrogens with one attached hydrogen (secondary N) is 1. The normalized spacial score (nSPS) is 13.5. The number of amides is 1. The molecule has 0 bridgehead atoms. The highest BCUT2D eigenvalue weighted by Crippen LogP contribution is 2.25. The number of nitrogens with zero attached hydrogens (tertiary/aromatic N) is 3. The predicted molar refractivity (Wildman–Crippen MR) is 120 cm³/mol. The molecular weight excluding hydrogens is 428 g/mol. The number of para-hydroxylation sites is 2. The Labute approximate surface area is 189 Å². The van der Waals surface area contributed by atoms with E-state index >= 15 is 0 Å². The van der Waals surface area contributed by atoms with E-state index in [1.165, 1.54) is 32.4 Å². The summed E-state index contributed by atoms with van der Waals surface area (Å²) in [6.07, 6.45) is 0. The SMILES string of the molecule is COC(=O)c1ccc(C(=O)OC)c(NC(=O)c2nc3ccccc3nc2N2CCOCC2)c1. The summed E-state index contributed by atoms with van der Waals surface area (Å²) in [5.74, 6) is -1.44. The maximum absolute atomic E-state index is 13.4. The minimum atomic E-state index is -0.667. The summed E-state index contributed by atoms with van der Waals surface area (Å²) < 4.78 is 15.0. The van der Waals surface area contributed by atoms with Crippen LogP contribution >= 0.6 is 0 Å². The third kappa shape index (κ3) is 4.60. The molecule has 0 radical (unpaired) electrons. The van der Waals surface area contributed by atoms with Gasteiger partial charge in [-0.15, -0.1) is 0 Å². The number of ether oxygens (including phenoxy) is 3. The van der Waals surface area contributed by atoms with Gasteiger partial charge < -0.3 is 24.4 Å². The van der Waals surface area contributed by atoms with Crippen molar-refractivity contribution in [2.24, 2.45) is 0 Å². The Morgan fingerprint density at radius 3 is 2.27 bits per heavy atom. The van der Waals surface area contributed by atoms with Crippen LogP contribution in [0, 0.1) is 0 Å². The number of morpholine rings is 1. The van der Waals surface area contributed by atoms with Crippen molar-refractivity contribution >= 4 is 40.4 Å². The van der Waals surface area contributed by atoms with Crippen LogP contribution in [0.5, 0.6) is 0 Å². The van der Waals surface area contributed by atoms with Crippen LogP contribution in [-0.4, -0.2) is 68.3 Å². The number of esters is 2. The van der Waals surface area contributed by atoms with Crippen molar-refractivity contribution in [2.75, 3.05) is 50.7 Å². The first-order valence-electron chi connectivity index (χ1n) is 10.2. The minimum Gasteiger partial charge on any atom is -0.465 e. The number of aromatic nitrogens is 2. The Kier molecular flexibility index (Phi) is 6.45. The molecule has 4 rings (SSSR count). The molecular formula is C23H22N4O6. The second kappa shape index (κ2) is 9.61. The van der Waals surface area contributed by atoms with Crippen molar-refractivity contribution in [1.82, 2.24) is 9.97 Å². The summed E-state index contributed by atoms with van der Waals surface area (Å²) in [5, 5.41) is 2.70. The number of hydrogen-bond acceptors (Lipinski definition) is 9. The van der Waals surface area contributed by atoms with Gasteiger partial charge in [0.1, 0.15) is 0 Å². The van der Waals surface area contributed by atoms with Gasteiger partial charge in [-0.1, -0.05) is 12.1 Å². The first-order valence-corrected chi connectivity index (χ1v) is 10.2. The van der Waals surface area contributed by atoms with Crippen LogP contribution in [0.15, 0.2) is 42.5 Å². The predicted octanol–water partition coefficient (Wildman–Crippen LogP) is 2.29. The molecule has 33 heavy (non-hydrogen) atoms. The van der Waals surface area contributed by atoms with Gasteiger partial charge in [0.15, 0.2) is 11.5 Å². The van der Waals surface area contributed by atoms with Crippen molar-refractivity contribution in [1.29, 1.82) is 0 Å². The lowest BCUT2D eigenvalue weighted by Gasteiger charge is -2.29. The molecule has 1 N–H and O–H groups in total. The number of benzene rings is 2. The number of methoxy groups -OCH3 is 2. The highest BCUT2D eigenvalue weighted by molar-refractivity contribution is 6.10. The fourth-order valence-electron chi connectivity index (χ4n) is 3.50. The van der Waals surface area contributed by atoms with Gasteiger partial charge in [-0.05, 0) is 30.3 Å². The van der Waals surface area contributed by atoms with Crippen LogP contribution < -0.4 is 10.2 Å². The Hall–Kier alpha value is -4.05. The van der Waals surface area contributed by atoms with E-state index in [1.807, 2.05) is 23.1 Å². The van der Waals surface area contributed by atoms with E-state index < -0.39 is 17.8 Å². The van der Waals surface area contributed by atoms with Crippen molar-refractivity contribution < 1.29 is 28.6 Å². The highest BCUT2D eigenvalue weighted by atomic mass is 16.5. The van der Waals surface area contributed by atoms with Gasteiger partial charge in [0.25, 0.3) is 5.91 Å². The molecule has 170 valence electrons. The van der Waals surface area contributed by atoms with Crippen LogP contribution in [-0.2, 0) is 14.2 Å². The fraction of sp³-hybridized carbons (Fsp3) is 0.261. The molecule has 0 saturated carbocycles. The molecule has 1 saturated heterocycles. The monoisotopic (exact) mass is 450 g/mol. The van der Waals surface area contributed by atoms with E-state index in [2.05, 4.69) is 15.3 Å². The molecule has 10 nitrogen and oxygen atoms in total. The summed E-state index contributed by atoms with van der Waals surface area (Å²) in [5.41, 5.74) is 1.64. The van der Waals surface area contributed by atoms with Crippen LogP contribution in [0.2, 0.25) is 0 Å². The van der Waals surface area contributed by atoms with Crippen LogP contribution in [0.25, 0.3) is 11.0 Å². The minimum absolute atomic E-state index is 0.0835. The van der Waals surface area contributed by atoms with Gasteiger partial charge in [-0.2, -0.15) is 0 Å². The second-order valence-corrected chi connectivity index (χ2v) is 7.18. The van der Waals surface area contributed by atoms with Crippen molar-refractivity contribution in [2.45, 2.75) is 0 Å². The number of anilines is 2. The van der Waals surface area contributed by atoms with Gasteiger partial charge in [0.2, 0.25) is 0 Å². The largest absolute Gasteiger partial charge is 0.465 e. The summed E-state index contributed by atoms with van der Waals surface area (Å²) in [6, 6.07) is 11.4. The smallest absolute Gasteiger partial charge is 0.339 e. The van der Waals surface area contributed by atoms with Gasteiger partial charge >= 0.3 is 11.9 Å². The summed E-state index contributed by atoms with van der Waals surface area (Å²) >= 11 is 0. The van der Waals surface area contributed by atoms with E-state index in [9.17, 15) is 14.4 Å². The van der Waals surface area contributed by atoms with Gasteiger partial charge in [-0.3, -0.25) is 4.79 Å². The molecule has 1 aliphatic rings. The van der Waals surface area contributed by atoms with E-state index in [-0.39, 0.29) is 22.5 Å². The maximum Gasteiger partial charge on any atom is 0.339 e. The Balaban J connectivity index is 1.77. The number of carbonyl (C=O) groups excluding carboxylic acids is 3. The molecule has 0 unspecified atom stereocenters. The van der Waals surface area contributed by atoms with Gasteiger partial charge in [0.05, 0.1) is 55.3 Å². The summed E-state index contributed by atoms with van der Waals surface area (Å²) in [7, 11) is 2.47. The molecule has 2 aromatic carbocycles. The fourth-order valence-corrected chi connectivity index (χ4v) is 3.50. The zero-order valence-electron chi connectivity index (χ0n) is 18.2. The number of fused-ring (bicyclic) bond motifs is 1. The highest BCUT2D eigenvalue weighted by Gasteiger charge is 2.25. The van der Waals surface area contributed by atoms with Crippen LogP contribution in [0.4, 0.5) is 11.5 Å². The molecule has 2 heterocycles. The molecule has 1 aromatic heterocycles. The zero-order chi connectivity index (χ0) is 23.4. The first kappa shape index (κ1) is 22.2. The lowest BCUT2D eigenvalue weighted by molar-refractivity contribution is 0.0587. The van der Waals surface area contributed by atoms with Crippen molar-refractivity contribution in [3.63, 3.8) is 0 Å². The van der Waals surface area contributed by atoms with Crippen molar-refractivity contribution in [3.05, 3.63) is 59.3 Å². The van der Waals surface area contributed by atoms with E-state index in [1.54, 1.807) is 6.07 Å². The summed E-state index contributed by atoms with van der Waals surface area (Å²) in [6.45, 7) is 2.11. The maximum atomic E-state index is 13.4. The third-order valence-corrected chi connectivity index (χ3v) is 5.17. The van der Waals surface area contributed by atoms with Crippen LogP contribution in [0.3, 0.4) is 0 Å². The zero-order valence-corrected chi connectivity index (χ0v) is 18.2. The van der Waals surface area contributed by atoms with Crippen LogP contribution in [0.1, 0.15) is 31.2 Å². The standard InChI is InChI=1S/C23H22N4O6/c1-31-22(29)14-7-8-15(23(30)32-2)18(13-14)26-21(28)19-20(27-9-11-33-12-10-27)25-17-6-4-3-5-16(17)24-19/h3-8,13H,9-12H2,1-2H3,(H,26,28). The van der Waals surface area contributed by atoms with Gasteiger partial charge in [0, 0.05) is 13.1 Å². The Bertz CT molecular complexity index is 1220. The molecule has 1 fully saturated rings. The summed E-state index contributed by atoms with van der Waals surface area (Å²) in [4.78, 5) is 48.8. The van der Waals surface area contributed by atoms with E-state index in [0.29, 0.717) is 43.2 Å². The third-order valence-electron chi connectivity index (χ3n) is 5.17. The van der Waals surface area contributed by atoms with Crippen molar-refractivity contribution in [3.8, 4) is 0 Å². The molecule has 0 atom stereocenters.